The molecule has 0 N–H and O–H groups in total. The number of halogens is 1. The summed E-state index contributed by atoms with van der Waals surface area (Å²) in [5.74, 6) is 1.21. The minimum absolute atomic E-state index is 0.341. The summed E-state index contributed by atoms with van der Waals surface area (Å²) in [6.45, 7) is 1.26. The molecule has 0 atom stereocenters. The molecule has 3 heterocycles. The van der Waals surface area contributed by atoms with Crippen molar-refractivity contribution in [3.63, 3.8) is 0 Å². The van der Waals surface area contributed by atoms with E-state index < -0.39 is 5.69 Å². The van der Waals surface area contributed by atoms with Gasteiger partial charge in [-0.2, -0.15) is 4.98 Å². The zero-order chi connectivity index (χ0) is 17.9. The van der Waals surface area contributed by atoms with E-state index in [9.17, 15) is 9.59 Å². The number of imidazole rings is 1. The highest BCUT2D eigenvalue weighted by Crippen LogP contribution is 2.35. The first-order valence-corrected chi connectivity index (χ1v) is 8.09. The molecular formula is C16H16ClN5O3. The Morgan fingerprint density at radius 3 is 2.60 bits per heavy atom. The summed E-state index contributed by atoms with van der Waals surface area (Å²) in [5, 5.41) is 0.498. The smallest absolute Gasteiger partial charge is 0.332 e. The average molecular weight is 362 g/mol. The van der Waals surface area contributed by atoms with Gasteiger partial charge in [-0.1, -0.05) is 11.6 Å². The number of nitrogens with zero attached hydrogens (tertiary/aromatic N) is 5. The predicted molar refractivity (Wildman–Crippen MR) is 95.2 cm³/mol. The Balaban J connectivity index is 1.93. The van der Waals surface area contributed by atoms with Gasteiger partial charge in [0.2, 0.25) is 5.95 Å². The van der Waals surface area contributed by atoms with Crippen LogP contribution in [0.1, 0.15) is 0 Å². The number of fused-ring (bicyclic) bond motifs is 3. The molecule has 1 aliphatic rings. The van der Waals surface area contributed by atoms with Gasteiger partial charge in [0.05, 0.1) is 12.1 Å². The molecule has 0 fully saturated rings. The molecule has 130 valence electrons. The Hall–Kier alpha value is -2.74. The molecule has 0 bridgehead atoms. The van der Waals surface area contributed by atoms with E-state index >= 15 is 0 Å². The van der Waals surface area contributed by atoms with E-state index in [0.717, 1.165) is 10.3 Å². The molecule has 3 aromatic rings. The maximum atomic E-state index is 12.5. The normalized spacial score (nSPS) is 13.5. The highest BCUT2D eigenvalue weighted by molar-refractivity contribution is 6.32. The van der Waals surface area contributed by atoms with Gasteiger partial charge in [-0.3, -0.25) is 13.9 Å². The number of hydrogen-bond donors (Lipinski definition) is 0. The van der Waals surface area contributed by atoms with Crippen LogP contribution >= 0.6 is 11.6 Å². The van der Waals surface area contributed by atoms with Crippen molar-refractivity contribution in [3.05, 3.63) is 44.1 Å². The molecule has 2 aromatic heterocycles. The Morgan fingerprint density at radius 2 is 1.92 bits per heavy atom. The Morgan fingerprint density at radius 1 is 1.16 bits per heavy atom. The van der Waals surface area contributed by atoms with E-state index in [1.807, 2.05) is 15.5 Å². The summed E-state index contributed by atoms with van der Waals surface area (Å²) >= 11 is 6.23. The summed E-state index contributed by atoms with van der Waals surface area (Å²) in [4.78, 5) is 31.2. The maximum absolute atomic E-state index is 12.5. The fourth-order valence-electron chi connectivity index (χ4n) is 3.22. The molecule has 0 saturated carbocycles. The Labute approximate surface area is 147 Å². The van der Waals surface area contributed by atoms with Crippen LogP contribution in [0.5, 0.6) is 5.75 Å². The molecule has 1 aromatic carbocycles. The van der Waals surface area contributed by atoms with Gasteiger partial charge in [0, 0.05) is 32.9 Å². The van der Waals surface area contributed by atoms with Crippen LogP contribution in [-0.4, -0.2) is 32.3 Å². The van der Waals surface area contributed by atoms with Gasteiger partial charge >= 0.3 is 5.69 Å². The average Bonchev–Trinajstić information content (AvgIpc) is 3.17. The largest absolute Gasteiger partial charge is 0.495 e. The number of aromatic nitrogens is 4. The summed E-state index contributed by atoms with van der Waals surface area (Å²) in [5.41, 5.74) is 0.926. The Kier molecular flexibility index (Phi) is 3.40. The molecule has 0 aliphatic carbocycles. The summed E-state index contributed by atoms with van der Waals surface area (Å²) in [6, 6.07) is 5.47. The topological polar surface area (TPSA) is 74.3 Å². The molecule has 0 unspecified atom stereocenters. The van der Waals surface area contributed by atoms with E-state index in [1.54, 1.807) is 26.3 Å². The number of anilines is 2. The van der Waals surface area contributed by atoms with E-state index in [4.69, 9.17) is 16.3 Å². The van der Waals surface area contributed by atoms with Gasteiger partial charge in [0.1, 0.15) is 5.75 Å². The highest BCUT2D eigenvalue weighted by atomic mass is 35.5. The fourth-order valence-corrected chi connectivity index (χ4v) is 3.47. The number of methoxy groups -OCH3 is 1. The van der Waals surface area contributed by atoms with E-state index in [1.165, 1.54) is 11.6 Å². The second-order valence-electron chi connectivity index (χ2n) is 5.91. The predicted octanol–water partition coefficient (Wildman–Crippen LogP) is 1.25. The zero-order valence-electron chi connectivity index (χ0n) is 14.0. The molecule has 0 spiro atoms. The van der Waals surface area contributed by atoms with Crippen LogP contribution in [0.15, 0.2) is 27.8 Å². The van der Waals surface area contributed by atoms with Gasteiger partial charge in [-0.15, -0.1) is 0 Å². The van der Waals surface area contributed by atoms with Crippen molar-refractivity contribution in [2.45, 2.75) is 6.54 Å². The molecule has 1 aliphatic heterocycles. The van der Waals surface area contributed by atoms with Crippen molar-refractivity contribution in [1.29, 1.82) is 0 Å². The molecule has 0 saturated heterocycles. The first-order chi connectivity index (χ1) is 11.9. The lowest BCUT2D eigenvalue weighted by Gasteiger charge is -2.17. The molecule has 9 heteroatoms. The van der Waals surface area contributed by atoms with Gasteiger partial charge in [0.25, 0.3) is 5.56 Å². The summed E-state index contributed by atoms with van der Waals surface area (Å²) in [7, 11) is 4.65. The third-order valence-corrected chi connectivity index (χ3v) is 4.86. The van der Waals surface area contributed by atoms with Crippen molar-refractivity contribution >= 4 is 34.4 Å². The lowest BCUT2D eigenvalue weighted by molar-refractivity contribution is 0.415. The minimum Gasteiger partial charge on any atom is -0.495 e. The van der Waals surface area contributed by atoms with Crippen LogP contribution in [0.25, 0.3) is 11.2 Å². The minimum atomic E-state index is -0.395. The first-order valence-electron chi connectivity index (χ1n) is 7.71. The molecule has 0 radical (unpaired) electrons. The van der Waals surface area contributed by atoms with Crippen molar-refractivity contribution in [2.75, 3.05) is 18.6 Å². The van der Waals surface area contributed by atoms with Gasteiger partial charge < -0.3 is 14.2 Å². The summed E-state index contributed by atoms with van der Waals surface area (Å²) in [6.07, 6.45) is 0. The van der Waals surface area contributed by atoms with Crippen LogP contribution in [0.2, 0.25) is 5.02 Å². The second kappa shape index (κ2) is 5.38. The molecule has 8 nitrogen and oxygen atoms in total. The third-order valence-electron chi connectivity index (χ3n) is 4.56. The Bertz CT molecular complexity index is 1130. The molecular weight excluding hydrogens is 346 g/mol. The van der Waals surface area contributed by atoms with E-state index in [2.05, 4.69) is 4.98 Å². The number of benzene rings is 1. The quantitative estimate of drug-likeness (QED) is 0.686. The molecule has 25 heavy (non-hydrogen) atoms. The number of ether oxygens (including phenoxy) is 1. The number of aryl methyl sites for hydroxylation is 1. The summed E-state index contributed by atoms with van der Waals surface area (Å²) < 4.78 is 9.52. The SMILES string of the molecule is COc1ccc(N2CCn3c2nc2c3c(=O)n(C)c(=O)n2C)cc1Cl. The second-order valence-corrected chi connectivity index (χ2v) is 6.32. The van der Waals surface area contributed by atoms with E-state index in [0.29, 0.717) is 41.0 Å². The van der Waals surface area contributed by atoms with Crippen LogP contribution in [-0.2, 0) is 20.6 Å². The zero-order valence-corrected chi connectivity index (χ0v) is 14.7. The standard InChI is InChI=1S/C16H16ClN5O3/c1-19-13-12(14(23)20(2)16(19)24)22-7-6-21(15(22)18-13)9-4-5-11(25-3)10(17)8-9/h4-5,8H,6-7H2,1-3H3. The first kappa shape index (κ1) is 15.8. The fraction of sp³-hybridized carbons (Fsp3) is 0.312. The van der Waals surface area contributed by atoms with Gasteiger partial charge in [-0.05, 0) is 18.2 Å². The molecule has 0 amide bonds. The van der Waals surface area contributed by atoms with Crippen molar-refractivity contribution in [2.24, 2.45) is 14.1 Å². The maximum Gasteiger partial charge on any atom is 0.332 e. The van der Waals surface area contributed by atoms with Crippen LogP contribution < -0.4 is 20.9 Å². The van der Waals surface area contributed by atoms with Crippen LogP contribution in [0, 0.1) is 0 Å². The van der Waals surface area contributed by atoms with Gasteiger partial charge in [-0.25, -0.2) is 4.79 Å². The van der Waals surface area contributed by atoms with Crippen LogP contribution in [0.3, 0.4) is 0 Å². The molecule has 4 rings (SSSR count). The number of hydrogen-bond acceptors (Lipinski definition) is 5. The lowest BCUT2D eigenvalue weighted by Crippen LogP contribution is -2.37. The van der Waals surface area contributed by atoms with Crippen molar-refractivity contribution in [1.82, 2.24) is 18.7 Å². The lowest BCUT2D eigenvalue weighted by atomic mass is 10.3. The van der Waals surface area contributed by atoms with Crippen molar-refractivity contribution < 1.29 is 4.74 Å². The van der Waals surface area contributed by atoms with Crippen molar-refractivity contribution in [3.8, 4) is 5.75 Å². The monoisotopic (exact) mass is 361 g/mol. The van der Waals surface area contributed by atoms with Gasteiger partial charge in [0.15, 0.2) is 11.2 Å². The number of rotatable bonds is 2. The highest BCUT2D eigenvalue weighted by Gasteiger charge is 2.28. The van der Waals surface area contributed by atoms with E-state index in [-0.39, 0.29) is 5.56 Å². The van der Waals surface area contributed by atoms with Crippen LogP contribution in [0.4, 0.5) is 11.6 Å². The third kappa shape index (κ3) is 2.10.